The third-order valence-electron chi connectivity index (χ3n) is 1.51. The van der Waals surface area contributed by atoms with E-state index in [1.165, 1.54) is 25.3 Å². The third kappa shape index (κ3) is 7.10. The maximum absolute atomic E-state index is 10.6. The van der Waals surface area contributed by atoms with Gasteiger partial charge in [-0.1, -0.05) is 32.8 Å². The first kappa shape index (κ1) is 10.2. The van der Waals surface area contributed by atoms with Crippen LogP contribution in [0.2, 0.25) is 0 Å². The highest BCUT2D eigenvalue weighted by atomic mass is 16.1. The largest absolute Gasteiger partial charge is 0.353 e. The van der Waals surface area contributed by atoms with Gasteiger partial charge in [0, 0.05) is 6.54 Å². The van der Waals surface area contributed by atoms with Gasteiger partial charge in [-0.15, -0.1) is 0 Å². The van der Waals surface area contributed by atoms with Gasteiger partial charge in [-0.25, -0.2) is 0 Å². The molecule has 0 bridgehead atoms. The van der Waals surface area contributed by atoms with E-state index in [4.69, 9.17) is 0 Å². The van der Waals surface area contributed by atoms with Crippen LogP contribution in [0, 0.1) is 0 Å². The van der Waals surface area contributed by atoms with Crippen molar-refractivity contribution in [3.05, 3.63) is 12.7 Å². The molecule has 0 fully saturated rings. The quantitative estimate of drug-likeness (QED) is 0.460. The molecule has 0 saturated carbocycles. The summed E-state index contributed by atoms with van der Waals surface area (Å²) in [6, 6.07) is 0. The van der Waals surface area contributed by atoms with Crippen LogP contribution in [0.5, 0.6) is 0 Å². The predicted octanol–water partition coefficient (Wildman–Crippen LogP) is 1.87. The molecule has 0 aliphatic carbocycles. The highest BCUT2D eigenvalue weighted by Crippen LogP contribution is 1.96. The van der Waals surface area contributed by atoms with Gasteiger partial charge in [0.15, 0.2) is 0 Å². The predicted molar refractivity (Wildman–Crippen MR) is 47.3 cm³/mol. The number of amides is 1. The Morgan fingerprint density at radius 1 is 1.45 bits per heavy atom. The Morgan fingerprint density at radius 2 is 2.18 bits per heavy atom. The van der Waals surface area contributed by atoms with Crippen LogP contribution < -0.4 is 5.32 Å². The summed E-state index contributed by atoms with van der Waals surface area (Å²) in [5.74, 6) is -0.0681. The first-order valence-corrected chi connectivity index (χ1v) is 4.21. The van der Waals surface area contributed by atoms with Crippen molar-refractivity contribution < 1.29 is 4.79 Å². The van der Waals surface area contributed by atoms with Crippen LogP contribution in [0.3, 0.4) is 0 Å². The summed E-state index contributed by atoms with van der Waals surface area (Å²) >= 11 is 0. The van der Waals surface area contributed by atoms with E-state index in [0.717, 1.165) is 13.0 Å². The van der Waals surface area contributed by atoms with Crippen LogP contribution in [0.25, 0.3) is 0 Å². The molecule has 64 valence electrons. The van der Waals surface area contributed by atoms with Gasteiger partial charge in [0.25, 0.3) is 0 Å². The van der Waals surface area contributed by atoms with Crippen molar-refractivity contribution >= 4 is 5.91 Å². The lowest BCUT2D eigenvalue weighted by molar-refractivity contribution is -0.116. The average Bonchev–Trinajstić information content (AvgIpc) is 2.04. The summed E-state index contributed by atoms with van der Waals surface area (Å²) in [6.07, 6.45) is 6.07. The van der Waals surface area contributed by atoms with Crippen molar-refractivity contribution in [1.82, 2.24) is 5.32 Å². The van der Waals surface area contributed by atoms with Gasteiger partial charge in [-0.05, 0) is 12.5 Å². The Bertz CT molecular complexity index is 121. The van der Waals surface area contributed by atoms with Gasteiger partial charge in [0.2, 0.25) is 5.91 Å². The van der Waals surface area contributed by atoms with E-state index in [9.17, 15) is 4.79 Å². The Balaban J connectivity index is 3.01. The van der Waals surface area contributed by atoms with Crippen LogP contribution in [-0.4, -0.2) is 12.5 Å². The molecule has 1 N–H and O–H groups in total. The molecule has 0 spiro atoms. The Morgan fingerprint density at radius 3 is 2.73 bits per heavy atom. The fraction of sp³-hybridized carbons (Fsp3) is 0.667. The van der Waals surface area contributed by atoms with E-state index in [1.807, 2.05) is 0 Å². The topological polar surface area (TPSA) is 29.1 Å². The van der Waals surface area contributed by atoms with Gasteiger partial charge >= 0.3 is 0 Å². The van der Waals surface area contributed by atoms with Crippen LogP contribution in [0.4, 0.5) is 0 Å². The molecular formula is C9H17NO. The molecule has 0 aromatic rings. The maximum Gasteiger partial charge on any atom is 0.243 e. The van der Waals surface area contributed by atoms with Gasteiger partial charge in [-0.3, -0.25) is 4.79 Å². The fourth-order valence-electron chi connectivity index (χ4n) is 0.836. The van der Waals surface area contributed by atoms with Crippen LogP contribution in [0.1, 0.15) is 32.6 Å². The van der Waals surface area contributed by atoms with Gasteiger partial charge < -0.3 is 5.32 Å². The molecule has 0 aromatic heterocycles. The molecule has 0 aliphatic heterocycles. The minimum Gasteiger partial charge on any atom is -0.353 e. The standard InChI is InChI=1S/C9H17NO/c1-3-5-6-7-8-10-9(11)4-2/h4H,2-3,5-8H2,1H3,(H,10,11). The van der Waals surface area contributed by atoms with Crippen molar-refractivity contribution in [2.75, 3.05) is 6.54 Å². The molecular weight excluding hydrogens is 138 g/mol. The second-order valence-electron chi connectivity index (χ2n) is 2.56. The van der Waals surface area contributed by atoms with Crippen molar-refractivity contribution in [2.24, 2.45) is 0 Å². The number of carbonyl (C=O) groups is 1. The number of unbranched alkanes of at least 4 members (excludes halogenated alkanes) is 3. The van der Waals surface area contributed by atoms with E-state index in [2.05, 4.69) is 18.8 Å². The molecule has 0 saturated heterocycles. The number of hydrogen-bond acceptors (Lipinski definition) is 1. The molecule has 0 radical (unpaired) electrons. The molecule has 1 amide bonds. The summed E-state index contributed by atoms with van der Waals surface area (Å²) in [7, 11) is 0. The molecule has 2 heteroatoms. The second kappa shape index (κ2) is 7.32. The summed E-state index contributed by atoms with van der Waals surface area (Å²) in [5.41, 5.74) is 0. The highest BCUT2D eigenvalue weighted by Gasteiger charge is 1.91. The molecule has 0 atom stereocenters. The van der Waals surface area contributed by atoms with Crippen LogP contribution in [-0.2, 0) is 4.79 Å². The number of hydrogen-bond donors (Lipinski definition) is 1. The summed E-state index contributed by atoms with van der Waals surface area (Å²) in [4.78, 5) is 10.6. The first-order chi connectivity index (χ1) is 5.31. The van der Waals surface area contributed by atoms with Gasteiger partial charge in [0.1, 0.15) is 0 Å². The van der Waals surface area contributed by atoms with Crippen LogP contribution >= 0.6 is 0 Å². The zero-order chi connectivity index (χ0) is 8.53. The Hall–Kier alpha value is -0.790. The lowest BCUT2D eigenvalue weighted by atomic mass is 10.2. The zero-order valence-corrected chi connectivity index (χ0v) is 7.23. The smallest absolute Gasteiger partial charge is 0.243 e. The van der Waals surface area contributed by atoms with Crippen molar-refractivity contribution in [3.63, 3.8) is 0 Å². The molecule has 2 nitrogen and oxygen atoms in total. The molecule has 0 unspecified atom stereocenters. The van der Waals surface area contributed by atoms with Crippen LogP contribution in [0.15, 0.2) is 12.7 Å². The van der Waals surface area contributed by atoms with E-state index in [-0.39, 0.29) is 5.91 Å². The zero-order valence-electron chi connectivity index (χ0n) is 7.23. The first-order valence-electron chi connectivity index (χ1n) is 4.21. The Labute approximate surface area is 68.7 Å². The van der Waals surface area contributed by atoms with Gasteiger partial charge in [0.05, 0.1) is 0 Å². The van der Waals surface area contributed by atoms with E-state index < -0.39 is 0 Å². The molecule has 11 heavy (non-hydrogen) atoms. The molecule has 0 heterocycles. The minimum atomic E-state index is -0.0681. The van der Waals surface area contributed by atoms with Crippen molar-refractivity contribution in [3.8, 4) is 0 Å². The minimum absolute atomic E-state index is 0.0681. The monoisotopic (exact) mass is 155 g/mol. The SMILES string of the molecule is C=CC(=O)NCCCCCC. The number of carbonyl (C=O) groups excluding carboxylic acids is 1. The second-order valence-corrected chi connectivity index (χ2v) is 2.56. The normalized spacial score (nSPS) is 9.18. The lowest BCUT2D eigenvalue weighted by Crippen LogP contribution is -2.21. The number of nitrogens with one attached hydrogen (secondary N) is 1. The maximum atomic E-state index is 10.6. The lowest BCUT2D eigenvalue weighted by Gasteiger charge is -2.00. The highest BCUT2D eigenvalue weighted by molar-refractivity contribution is 5.86. The summed E-state index contributed by atoms with van der Waals surface area (Å²) in [5, 5.41) is 2.73. The molecule has 0 aliphatic rings. The van der Waals surface area contributed by atoms with Gasteiger partial charge in [-0.2, -0.15) is 0 Å². The van der Waals surface area contributed by atoms with E-state index in [0.29, 0.717) is 0 Å². The van der Waals surface area contributed by atoms with E-state index >= 15 is 0 Å². The number of rotatable bonds is 6. The molecule has 0 rings (SSSR count). The summed E-state index contributed by atoms with van der Waals surface area (Å²) in [6.45, 7) is 6.32. The van der Waals surface area contributed by atoms with E-state index in [1.54, 1.807) is 0 Å². The summed E-state index contributed by atoms with van der Waals surface area (Å²) < 4.78 is 0. The molecule has 0 aromatic carbocycles. The fourth-order valence-corrected chi connectivity index (χ4v) is 0.836. The average molecular weight is 155 g/mol. The third-order valence-corrected chi connectivity index (χ3v) is 1.51. The van der Waals surface area contributed by atoms with Crippen molar-refractivity contribution in [1.29, 1.82) is 0 Å². The Kier molecular flexibility index (Phi) is 6.79. The van der Waals surface area contributed by atoms with Crippen molar-refractivity contribution in [2.45, 2.75) is 32.6 Å².